The Labute approximate surface area is 278 Å². The quantitative estimate of drug-likeness (QED) is 0.250. The second kappa shape index (κ2) is 12.2. The third-order valence-corrected chi connectivity index (χ3v) is 12.1. The predicted octanol–water partition coefficient (Wildman–Crippen LogP) is 5.96. The highest BCUT2D eigenvalue weighted by atomic mass is 19.1. The number of piperidine rings is 1. The number of aliphatic carboxylic acids is 1. The van der Waals surface area contributed by atoms with Crippen LogP contribution in [0.3, 0.4) is 0 Å². The van der Waals surface area contributed by atoms with Gasteiger partial charge in [-0.3, -0.25) is 13.9 Å². The van der Waals surface area contributed by atoms with Crippen LogP contribution in [0.5, 0.6) is 0 Å². The Morgan fingerprint density at radius 2 is 1.98 bits per heavy atom. The fraction of sp³-hybridized carbons (Fsp3) is 0.622. The molecule has 3 heterocycles. The summed E-state index contributed by atoms with van der Waals surface area (Å²) in [6.45, 7) is 6.72. The van der Waals surface area contributed by atoms with Gasteiger partial charge in [0.15, 0.2) is 0 Å². The molecule has 0 spiro atoms. The monoisotopic (exact) mass is 643 g/mol. The normalized spacial score (nSPS) is 29.6. The van der Waals surface area contributed by atoms with Crippen LogP contribution in [0.4, 0.5) is 16.2 Å². The van der Waals surface area contributed by atoms with Gasteiger partial charge in [-0.05, 0) is 80.7 Å². The number of carboxylic acids is 1. The molecule has 9 nitrogen and oxygen atoms in total. The molecule has 2 bridgehead atoms. The number of halogens is 1. The zero-order chi connectivity index (χ0) is 33.0. The Morgan fingerprint density at radius 1 is 1.21 bits per heavy atom. The number of benzene rings is 1. The van der Waals surface area contributed by atoms with Crippen LogP contribution < -0.4 is 10.2 Å². The van der Waals surface area contributed by atoms with E-state index in [0.717, 1.165) is 100 Å². The van der Waals surface area contributed by atoms with E-state index in [1.165, 1.54) is 5.56 Å². The van der Waals surface area contributed by atoms with E-state index in [1.54, 1.807) is 0 Å². The fourth-order valence-electron chi connectivity index (χ4n) is 9.57. The van der Waals surface area contributed by atoms with Gasteiger partial charge in [-0.2, -0.15) is 10.1 Å². The van der Waals surface area contributed by atoms with E-state index < -0.39 is 11.4 Å². The number of hydrogen-bond donors (Lipinski definition) is 2. The first-order chi connectivity index (χ1) is 22.6. The molecule has 47 heavy (non-hydrogen) atoms. The topological polar surface area (TPSA) is 99.4 Å². The molecule has 1 aromatic carbocycles. The predicted molar refractivity (Wildman–Crippen MR) is 181 cm³/mol. The number of anilines is 2. The standard InChI is InChI=1S/C37H50FN7O2/c1-5-31(36-22-37(23-36,24-36)33(46)47)44(4)34-41-29-13-14-35(2,27-11-7-6-8-12-27)16-28(29)32(42-34)40-30(26-18-39-43(3)20-26)21-45-15-9-10-25(17-38)19-45/h6-8,11-12,18,20,25,30-31H,5,9-10,13-17,19,21-24H2,1-4H3,(H,46,47)(H,40,41,42)/t25-,30+,31+,35-,36?,37?/m1/s1. The number of nitrogens with zero attached hydrogens (tertiary/aromatic N) is 6. The minimum Gasteiger partial charge on any atom is -0.481 e. The smallest absolute Gasteiger partial charge is 0.309 e. The molecule has 0 unspecified atom stereocenters. The third kappa shape index (κ3) is 5.70. The molecule has 0 amide bonds. The first-order valence-electron chi connectivity index (χ1n) is 17.5. The minimum atomic E-state index is -0.650. The summed E-state index contributed by atoms with van der Waals surface area (Å²) < 4.78 is 15.6. The van der Waals surface area contributed by atoms with Crippen molar-refractivity contribution in [2.24, 2.45) is 23.8 Å². The molecule has 2 N–H and O–H groups in total. The fourth-order valence-corrected chi connectivity index (χ4v) is 9.57. The third-order valence-electron chi connectivity index (χ3n) is 12.1. The second-order valence-corrected chi connectivity index (χ2v) is 15.5. The lowest BCUT2D eigenvalue weighted by atomic mass is 9.33. The summed E-state index contributed by atoms with van der Waals surface area (Å²) in [6, 6.07) is 10.9. The van der Waals surface area contributed by atoms with E-state index >= 15 is 0 Å². The Hall–Kier alpha value is -3.53. The van der Waals surface area contributed by atoms with Crippen molar-refractivity contribution in [1.29, 1.82) is 0 Å². The molecule has 0 radical (unpaired) electrons. The van der Waals surface area contributed by atoms with Gasteiger partial charge in [0.05, 0.1) is 30.0 Å². The second-order valence-electron chi connectivity index (χ2n) is 15.5. The van der Waals surface area contributed by atoms with Crippen molar-refractivity contribution in [1.82, 2.24) is 24.6 Å². The van der Waals surface area contributed by atoms with E-state index in [2.05, 4.69) is 77.6 Å². The van der Waals surface area contributed by atoms with Gasteiger partial charge >= 0.3 is 5.97 Å². The van der Waals surface area contributed by atoms with Crippen molar-refractivity contribution in [2.75, 3.05) is 43.6 Å². The summed E-state index contributed by atoms with van der Waals surface area (Å²) in [5.41, 5.74) is 4.11. The van der Waals surface area contributed by atoms with Gasteiger partial charge in [0.25, 0.3) is 0 Å². The van der Waals surface area contributed by atoms with Gasteiger partial charge in [-0.25, -0.2) is 4.98 Å². The van der Waals surface area contributed by atoms with Crippen LogP contribution in [0.25, 0.3) is 0 Å². The van der Waals surface area contributed by atoms with Gasteiger partial charge < -0.3 is 20.2 Å². The number of aromatic nitrogens is 4. The summed E-state index contributed by atoms with van der Waals surface area (Å²) in [5.74, 6) is 1.000. The van der Waals surface area contributed by atoms with Crippen LogP contribution in [0, 0.1) is 16.7 Å². The minimum absolute atomic E-state index is 0.0140. The van der Waals surface area contributed by atoms with Crippen molar-refractivity contribution in [2.45, 2.75) is 89.1 Å². The summed E-state index contributed by atoms with van der Waals surface area (Å²) in [4.78, 5) is 27.1. The van der Waals surface area contributed by atoms with Crippen molar-refractivity contribution in [3.05, 3.63) is 65.1 Å². The van der Waals surface area contributed by atoms with Crippen molar-refractivity contribution >= 4 is 17.7 Å². The number of carbonyl (C=O) groups is 1. The van der Waals surface area contributed by atoms with E-state index in [4.69, 9.17) is 9.97 Å². The number of fused-ring (bicyclic) bond motifs is 1. The molecular formula is C37H50FN7O2. The molecular weight excluding hydrogens is 593 g/mol. The molecule has 8 rings (SSSR count). The molecule has 10 heteroatoms. The molecule has 1 aliphatic heterocycles. The van der Waals surface area contributed by atoms with Gasteiger partial charge in [0.1, 0.15) is 5.82 Å². The largest absolute Gasteiger partial charge is 0.481 e. The van der Waals surface area contributed by atoms with E-state index in [9.17, 15) is 14.3 Å². The van der Waals surface area contributed by atoms with Crippen molar-refractivity contribution in [3.8, 4) is 0 Å². The summed E-state index contributed by atoms with van der Waals surface area (Å²) in [7, 11) is 4.03. The van der Waals surface area contributed by atoms with Crippen molar-refractivity contribution in [3.63, 3.8) is 0 Å². The zero-order valence-electron chi connectivity index (χ0n) is 28.4. The van der Waals surface area contributed by atoms with E-state index in [-0.39, 0.29) is 35.5 Å². The van der Waals surface area contributed by atoms with Crippen LogP contribution in [0.1, 0.15) is 87.2 Å². The Kier molecular flexibility index (Phi) is 8.30. The van der Waals surface area contributed by atoms with Gasteiger partial charge in [0.2, 0.25) is 5.95 Å². The number of hydrogen-bond acceptors (Lipinski definition) is 7. The number of carboxylic acid groups (broad SMARTS) is 1. The molecule has 4 aliphatic carbocycles. The number of alkyl halides is 1. The first kappa shape index (κ1) is 32.0. The molecule has 3 saturated carbocycles. The Morgan fingerprint density at radius 3 is 2.64 bits per heavy atom. The number of aryl methyl sites for hydroxylation is 2. The zero-order valence-corrected chi connectivity index (χ0v) is 28.4. The molecule has 4 fully saturated rings. The lowest BCUT2D eigenvalue weighted by molar-refractivity contribution is -0.230. The highest BCUT2D eigenvalue weighted by molar-refractivity contribution is 5.79. The van der Waals surface area contributed by atoms with E-state index in [0.29, 0.717) is 5.95 Å². The van der Waals surface area contributed by atoms with Crippen LogP contribution in [-0.2, 0) is 30.1 Å². The molecule has 252 valence electrons. The highest BCUT2D eigenvalue weighted by Gasteiger charge is 2.74. The average Bonchev–Trinajstić information content (AvgIpc) is 3.47. The van der Waals surface area contributed by atoms with Crippen LogP contribution in [0.2, 0.25) is 0 Å². The molecule has 4 atom stereocenters. The lowest BCUT2D eigenvalue weighted by Crippen LogP contribution is -2.72. The maximum atomic E-state index is 13.7. The maximum absolute atomic E-state index is 13.7. The van der Waals surface area contributed by atoms with Gasteiger partial charge in [-0.15, -0.1) is 0 Å². The Balaban J connectivity index is 1.24. The van der Waals surface area contributed by atoms with Crippen LogP contribution in [-0.4, -0.2) is 75.1 Å². The maximum Gasteiger partial charge on any atom is 0.309 e. The lowest BCUT2D eigenvalue weighted by Gasteiger charge is -2.71. The van der Waals surface area contributed by atoms with Gasteiger partial charge in [-0.1, -0.05) is 44.2 Å². The van der Waals surface area contributed by atoms with Crippen molar-refractivity contribution < 1.29 is 14.3 Å². The number of likely N-dealkylation sites (tertiary alicyclic amines) is 1. The molecule has 3 aromatic rings. The van der Waals surface area contributed by atoms with E-state index in [1.807, 2.05) is 17.9 Å². The Bertz CT molecular complexity index is 1590. The highest BCUT2D eigenvalue weighted by Crippen LogP contribution is 2.75. The molecule has 2 aromatic heterocycles. The summed E-state index contributed by atoms with van der Waals surface area (Å²) in [5, 5.41) is 18.2. The molecule has 1 saturated heterocycles. The van der Waals surface area contributed by atoms with Crippen LogP contribution >= 0.6 is 0 Å². The first-order valence-corrected chi connectivity index (χ1v) is 17.5. The summed E-state index contributed by atoms with van der Waals surface area (Å²) >= 11 is 0. The average molecular weight is 644 g/mol. The molecule has 5 aliphatic rings. The van der Waals surface area contributed by atoms with Crippen LogP contribution in [0.15, 0.2) is 42.7 Å². The number of rotatable bonds is 12. The van der Waals surface area contributed by atoms with Gasteiger partial charge in [0, 0.05) is 56.5 Å². The SMILES string of the molecule is CC[C@H](N(C)c1nc2c(c(N[C@@H](CN3CCC[C@H](CF)C3)c3cnn(C)c3)n1)C[C@](C)(c1ccccc1)CC2)C12CC(C(=O)O)(C1)C2. The number of nitrogens with one attached hydrogen (secondary N) is 1. The summed E-state index contributed by atoms with van der Waals surface area (Å²) in [6.07, 6.45) is 11.7.